The van der Waals surface area contributed by atoms with E-state index in [9.17, 15) is 4.79 Å². The van der Waals surface area contributed by atoms with Gasteiger partial charge in [0, 0.05) is 0 Å². The molecular weight excluding hydrogens is 190 g/mol. The van der Waals surface area contributed by atoms with E-state index in [1.165, 1.54) is 0 Å². The van der Waals surface area contributed by atoms with Crippen LogP contribution in [0.25, 0.3) is 0 Å². The third kappa shape index (κ3) is 2.61. The van der Waals surface area contributed by atoms with E-state index in [0.717, 1.165) is 5.56 Å². The molecule has 0 radical (unpaired) electrons. The number of rotatable bonds is 1. The van der Waals surface area contributed by atoms with E-state index in [1.54, 1.807) is 12.1 Å². The van der Waals surface area contributed by atoms with E-state index in [2.05, 4.69) is 5.32 Å². The molecule has 70 valence electrons. The summed E-state index contributed by atoms with van der Waals surface area (Å²) in [5.74, 6) is 4.89. The van der Waals surface area contributed by atoms with Gasteiger partial charge < -0.3 is 5.32 Å². The Morgan fingerprint density at radius 1 is 1.54 bits per heavy atom. The van der Waals surface area contributed by atoms with Crippen LogP contribution in [0.1, 0.15) is 5.56 Å². The van der Waals surface area contributed by atoms with Crippen molar-refractivity contribution in [2.75, 3.05) is 5.32 Å². The van der Waals surface area contributed by atoms with Crippen molar-refractivity contribution in [2.45, 2.75) is 6.92 Å². The lowest BCUT2D eigenvalue weighted by Crippen LogP contribution is -2.34. The fraction of sp³-hybridized carbons (Fsp3) is 0.125. The maximum Gasteiger partial charge on any atom is 0.333 e. The highest BCUT2D eigenvalue weighted by Gasteiger charge is 2.02. The minimum Gasteiger partial charge on any atom is -0.305 e. The molecule has 0 fully saturated rings. The fourth-order valence-corrected chi connectivity index (χ4v) is 1.16. The predicted molar refractivity (Wildman–Crippen MR) is 52.5 cm³/mol. The summed E-state index contributed by atoms with van der Waals surface area (Å²) in [5.41, 5.74) is 3.52. The Bertz CT molecular complexity index is 327. The Kier molecular flexibility index (Phi) is 3.11. The van der Waals surface area contributed by atoms with Crippen LogP contribution < -0.4 is 16.6 Å². The zero-order chi connectivity index (χ0) is 9.84. The summed E-state index contributed by atoms with van der Waals surface area (Å²) in [5, 5.41) is 2.97. The Balaban J connectivity index is 2.83. The molecule has 13 heavy (non-hydrogen) atoms. The number of hydrazine groups is 1. The normalized spacial score (nSPS) is 9.46. The van der Waals surface area contributed by atoms with Gasteiger partial charge in [-0.2, -0.15) is 0 Å². The van der Waals surface area contributed by atoms with Crippen LogP contribution in [0.3, 0.4) is 0 Å². The SMILES string of the molecule is Cc1ccc(NC(=O)NN)c(Cl)c1. The van der Waals surface area contributed by atoms with Gasteiger partial charge in [-0.3, -0.25) is 5.43 Å². The van der Waals surface area contributed by atoms with Crippen molar-refractivity contribution in [3.8, 4) is 0 Å². The van der Waals surface area contributed by atoms with Crippen LogP contribution in [0, 0.1) is 6.92 Å². The Labute approximate surface area is 81.0 Å². The third-order valence-corrected chi connectivity index (χ3v) is 1.82. The Morgan fingerprint density at radius 2 is 2.23 bits per heavy atom. The van der Waals surface area contributed by atoms with Crippen LogP contribution in [0.5, 0.6) is 0 Å². The van der Waals surface area contributed by atoms with Gasteiger partial charge in [-0.05, 0) is 24.6 Å². The number of nitrogens with two attached hydrogens (primary N) is 1. The van der Waals surface area contributed by atoms with Gasteiger partial charge in [0.2, 0.25) is 0 Å². The quantitative estimate of drug-likeness (QED) is 0.366. The molecule has 4 nitrogen and oxygen atoms in total. The molecule has 0 aromatic heterocycles. The number of carbonyl (C=O) groups is 1. The maximum atomic E-state index is 10.8. The number of benzene rings is 1. The number of urea groups is 1. The van der Waals surface area contributed by atoms with Crippen LogP contribution in [0.4, 0.5) is 10.5 Å². The first-order valence-corrected chi connectivity index (χ1v) is 4.05. The molecule has 0 saturated carbocycles. The highest BCUT2D eigenvalue weighted by Crippen LogP contribution is 2.22. The molecule has 0 saturated heterocycles. The monoisotopic (exact) mass is 199 g/mol. The molecule has 5 heteroatoms. The fourth-order valence-electron chi connectivity index (χ4n) is 0.880. The van der Waals surface area contributed by atoms with Crippen molar-refractivity contribution in [3.63, 3.8) is 0 Å². The highest BCUT2D eigenvalue weighted by molar-refractivity contribution is 6.33. The number of amides is 2. The standard InChI is InChI=1S/C8H10ClN3O/c1-5-2-3-7(6(9)4-5)11-8(13)12-10/h2-4H,10H2,1H3,(H2,11,12,13). The summed E-state index contributed by atoms with van der Waals surface area (Å²) < 4.78 is 0. The summed E-state index contributed by atoms with van der Waals surface area (Å²) in [7, 11) is 0. The average molecular weight is 200 g/mol. The number of carbonyl (C=O) groups excluding carboxylic acids is 1. The van der Waals surface area contributed by atoms with Crippen molar-refractivity contribution >= 4 is 23.3 Å². The van der Waals surface area contributed by atoms with Crippen LogP contribution >= 0.6 is 11.6 Å². The van der Waals surface area contributed by atoms with Gasteiger partial charge in [-0.25, -0.2) is 10.6 Å². The summed E-state index contributed by atoms with van der Waals surface area (Å²) in [6.45, 7) is 1.92. The first-order chi connectivity index (χ1) is 6.13. The van der Waals surface area contributed by atoms with Crippen molar-refractivity contribution in [3.05, 3.63) is 28.8 Å². The number of halogens is 1. The molecule has 4 N–H and O–H groups in total. The summed E-state index contributed by atoms with van der Waals surface area (Å²) in [6.07, 6.45) is 0. The van der Waals surface area contributed by atoms with Gasteiger partial charge in [0.15, 0.2) is 0 Å². The molecule has 2 amide bonds. The Hall–Kier alpha value is -1.26. The molecule has 1 rings (SSSR count). The average Bonchev–Trinajstić information content (AvgIpc) is 2.09. The van der Waals surface area contributed by atoms with Crippen LogP contribution in [-0.4, -0.2) is 6.03 Å². The number of hydrogen-bond acceptors (Lipinski definition) is 2. The number of nitrogens with one attached hydrogen (secondary N) is 2. The molecule has 0 unspecified atom stereocenters. The molecule has 0 aliphatic rings. The van der Waals surface area contributed by atoms with E-state index in [4.69, 9.17) is 17.4 Å². The number of aryl methyl sites for hydroxylation is 1. The molecule has 0 heterocycles. The lowest BCUT2D eigenvalue weighted by molar-refractivity contribution is 0.252. The van der Waals surface area contributed by atoms with Crippen molar-refractivity contribution in [1.82, 2.24) is 5.43 Å². The van der Waals surface area contributed by atoms with Gasteiger partial charge in [0.1, 0.15) is 0 Å². The number of hydrogen-bond donors (Lipinski definition) is 3. The van der Waals surface area contributed by atoms with Gasteiger partial charge in [0.05, 0.1) is 10.7 Å². The van der Waals surface area contributed by atoms with E-state index >= 15 is 0 Å². The minimum atomic E-state index is -0.495. The summed E-state index contributed by atoms with van der Waals surface area (Å²) in [4.78, 5) is 10.8. The molecular formula is C8H10ClN3O. The molecule has 1 aromatic rings. The smallest absolute Gasteiger partial charge is 0.305 e. The van der Waals surface area contributed by atoms with Crippen LogP contribution in [0.15, 0.2) is 18.2 Å². The third-order valence-electron chi connectivity index (χ3n) is 1.50. The van der Waals surface area contributed by atoms with E-state index < -0.39 is 6.03 Å². The molecule has 0 spiro atoms. The lowest BCUT2D eigenvalue weighted by atomic mass is 10.2. The molecule has 0 bridgehead atoms. The molecule has 0 aliphatic carbocycles. The van der Waals surface area contributed by atoms with E-state index in [0.29, 0.717) is 10.7 Å². The first-order valence-electron chi connectivity index (χ1n) is 3.67. The van der Waals surface area contributed by atoms with Crippen LogP contribution in [0.2, 0.25) is 5.02 Å². The molecule has 1 aromatic carbocycles. The van der Waals surface area contributed by atoms with Gasteiger partial charge in [0.25, 0.3) is 0 Å². The van der Waals surface area contributed by atoms with Crippen LogP contribution in [-0.2, 0) is 0 Å². The zero-order valence-corrected chi connectivity index (χ0v) is 7.85. The molecule has 0 atom stereocenters. The lowest BCUT2D eigenvalue weighted by Gasteiger charge is -2.06. The van der Waals surface area contributed by atoms with Gasteiger partial charge in [-0.1, -0.05) is 17.7 Å². The first kappa shape index (κ1) is 9.83. The number of anilines is 1. The maximum absolute atomic E-state index is 10.8. The van der Waals surface area contributed by atoms with Crippen molar-refractivity contribution in [1.29, 1.82) is 0 Å². The summed E-state index contributed by atoms with van der Waals surface area (Å²) >= 11 is 5.85. The van der Waals surface area contributed by atoms with E-state index in [1.807, 2.05) is 18.4 Å². The second-order valence-electron chi connectivity index (χ2n) is 2.58. The highest BCUT2D eigenvalue weighted by atomic mass is 35.5. The Morgan fingerprint density at radius 3 is 2.77 bits per heavy atom. The second-order valence-corrected chi connectivity index (χ2v) is 2.99. The van der Waals surface area contributed by atoms with E-state index in [-0.39, 0.29) is 0 Å². The minimum absolute atomic E-state index is 0.489. The zero-order valence-electron chi connectivity index (χ0n) is 7.10. The van der Waals surface area contributed by atoms with Gasteiger partial charge in [-0.15, -0.1) is 0 Å². The second kappa shape index (κ2) is 4.11. The van der Waals surface area contributed by atoms with Crippen molar-refractivity contribution < 1.29 is 4.79 Å². The van der Waals surface area contributed by atoms with Gasteiger partial charge >= 0.3 is 6.03 Å². The largest absolute Gasteiger partial charge is 0.333 e. The van der Waals surface area contributed by atoms with Crippen molar-refractivity contribution in [2.24, 2.45) is 5.84 Å². The molecule has 0 aliphatic heterocycles. The predicted octanol–water partition coefficient (Wildman–Crippen LogP) is 1.64. The summed E-state index contributed by atoms with van der Waals surface area (Å²) in [6, 6.07) is 4.82. The topological polar surface area (TPSA) is 67.2 Å².